The minimum atomic E-state index is -7.12. The summed E-state index contributed by atoms with van der Waals surface area (Å²) in [5, 5.41) is 0. The first-order valence-corrected chi connectivity index (χ1v) is 4.94. The van der Waals surface area contributed by atoms with Crippen molar-refractivity contribution in [1.29, 1.82) is 0 Å². The summed E-state index contributed by atoms with van der Waals surface area (Å²) in [5.41, 5.74) is 4.32. The number of primary amides is 1. The highest BCUT2D eigenvalue weighted by Gasteiger charge is 2.79. The molecule has 0 fully saturated rings. The first kappa shape index (κ1) is 20.7. The summed E-state index contributed by atoms with van der Waals surface area (Å²) in [6.07, 6.45) is -24.5. The van der Waals surface area contributed by atoms with Gasteiger partial charge >= 0.3 is 30.2 Å². The molecule has 0 spiro atoms. The van der Waals surface area contributed by atoms with Gasteiger partial charge in [-0.25, -0.2) is 0 Å². The van der Waals surface area contributed by atoms with Crippen LogP contribution in [0.3, 0.4) is 0 Å². The van der Waals surface area contributed by atoms with Crippen molar-refractivity contribution in [2.45, 2.75) is 43.1 Å². The summed E-state index contributed by atoms with van der Waals surface area (Å²) in [7, 11) is 0. The van der Waals surface area contributed by atoms with Crippen LogP contribution in [0.4, 0.5) is 48.3 Å². The Balaban J connectivity index is 5.58. The van der Waals surface area contributed by atoms with Crippen molar-refractivity contribution < 1.29 is 57.8 Å². The number of halogens is 11. The van der Waals surface area contributed by atoms with Crippen LogP contribution >= 0.6 is 0 Å². The average Bonchev–Trinajstić information content (AvgIpc) is 2.22. The number of amides is 1. The fourth-order valence-corrected chi connectivity index (χ4v) is 0.953. The quantitative estimate of drug-likeness (QED) is 0.742. The molecule has 0 saturated heterocycles. The van der Waals surface area contributed by atoms with Gasteiger partial charge in [-0.05, 0) is 0 Å². The van der Waals surface area contributed by atoms with Gasteiger partial charge in [0.1, 0.15) is 0 Å². The first-order valence-electron chi connectivity index (χ1n) is 4.94. The molecule has 0 aromatic rings. The third-order valence-electron chi connectivity index (χ3n) is 2.11. The average molecular weight is 357 g/mol. The molecule has 0 rings (SSSR count). The van der Waals surface area contributed by atoms with Crippen molar-refractivity contribution >= 4 is 5.91 Å². The molecule has 2 N–H and O–H groups in total. The molecular weight excluding hydrogens is 351 g/mol. The van der Waals surface area contributed by atoms with Crippen LogP contribution in [-0.2, 0) is 9.53 Å². The molecule has 0 aliphatic carbocycles. The van der Waals surface area contributed by atoms with Crippen LogP contribution in [-0.4, -0.2) is 36.1 Å². The Hall–Kier alpha value is -1.34. The SMILES string of the molecule is NC(=O)CCC(F)(F)C(F)(F)OC(F)(C(F)(F)F)C(F)(F)F. The van der Waals surface area contributed by atoms with E-state index in [1.165, 1.54) is 0 Å². The summed E-state index contributed by atoms with van der Waals surface area (Å²) in [5.74, 6) is -14.4. The molecule has 0 unspecified atom stereocenters. The highest BCUT2D eigenvalue weighted by atomic mass is 19.4. The number of alkyl halides is 11. The van der Waals surface area contributed by atoms with Crippen molar-refractivity contribution in [3.63, 3.8) is 0 Å². The maximum absolute atomic E-state index is 12.9. The number of carbonyl (C=O) groups is 1. The molecule has 14 heteroatoms. The fraction of sp³-hybridized carbons (Fsp3) is 0.875. The smallest absolute Gasteiger partial charge is 0.370 e. The Morgan fingerprint density at radius 1 is 0.818 bits per heavy atom. The lowest BCUT2D eigenvalue weighted by atomic mass is 10.1. The molecule has 0 heterocycles. The maximum atomic E-state index is 12.9. The van der Waals surface area contributed by atoms with Gasteiger partial charge in [0, 0.05) is 12.8 Å². The van der Waals surface area contributed by atoms with Crippen molar-refractivity contribution in [2.75, 3.05) is 0 Å². The minimum Gasteiger partial charge on any atom is -0.370 e. The van der Waals surface area contributed by atoms with Crippen LogP contribution in [0.1, 0.15) is 12.8 Å². The van der Waals surface area contributed by atoms with Gasteiger partial charge in [0.2, 0.25) is 5.91 Å². The zero-order valence-electron chi connectivity index (χ0n) is 9.97. The van der Waals surface area contributed by atoms with E-state index in [-0.39, 0.29) is 0 Å². The highest BCUT2D eigenvalue weighted by Crippen LogP contribution is 2.52. The van der Waals surface area contributed by atoms with Gasteiger partial charge in [-0.1, -0.05) is 0 Å². The van der Waals surface area contributed by atoms with Gasteiger partial charge in [0.15, 0.2) is 0 Å². The van der Waals surface area contributed by atoms with E-state index in [1.807, 2.05) is 0 Å². The van der Waals surface area contributed by atoms with E-state index in [0.717, 1.165) is 0 Å². The first-order chi connectivity index (χ1) is 9.37. The maximum Gasteiger partial charge on any atom is 0.458 e. The van der Waals surface area contributed by atoms with Crippen LogP contribution in [0.5, 0.6) is 0 Å². The van der Waals surface area contributed by atoms with Gasteiger partial charge in [-0.3, -0.25) is 9.53 Å². The zero-order valence-corrected chi connectivity index (χ0v) is 9.97. The fourth-order valence-electron chi connectivity index (χ4n) is 0.953. The van der Waals surface area contributed by atoms with E-state index in [9.17, 15) is 53.1 Å². The Morgan fingerprint density at radius 2 is 1.18 bits per heavy atom. The summed E-state index contributed by atoms with van der Waals surface area (Å²) >= 11 is 0. The summed E-state index contributed by atoms with van der Waals surface area (Å²) in [6.45, 7) is 0. The van der Waals surface area contributed by atoms with Crippen LogP contribution in [0.25, 0.3) is 0 Å². The number of hydrogen-bond donors (Lipinski definition) is 1. The van der Waals surface area contributed by atoms with E-state index >= 15 is 0 Å². The monoisotopic (exact) mass is 357 g/mol. The molecule has 1 amide bonds. The van der Waals surface area contributed by atoms with Crippen LogP contribution < -0.4 is 5.73 Å². The third-order valence-corrected chi connectivity index (χ3v) is 2.11. The molecule has 0 bridgehead atoms. The Kier molecular flexibility index (Phi) is 5.35. The number of carbonyl (C=O) groups excluding carboxylic acids is 1. The van der Waals surface area contributed by atoms with E-state index in [2.05, 4.69) is 5.73 Å². The largest absolute Gasteiger partial charge is 0.458 e. The topological polar surface area (TPSA) is 52.3 Å². The summed E-state index contributed by atoms with van der Waals surface area (Å²) in [4.78, 5) is 10.1. The molecule has 0 aromatic heterocycles. The Labute approximate surface area is 114 Å². The molecule has 132 valence electrons. The predicted octanol–water partition coefficient (Wildman–Crippen LogP) is 3.29. The number of hydrogen-bond acceptors (Lipinski definition) is 2. The molecule has 22 heavy (non-hydrogen) atoms. The third kappa shape index (κ3) is 4.10. The molecule has 0 aromatic carbocycles. The van der Waals surface area contributed by atoms with E-state index in [4.69, 9.17) is 0 Å². The van der Waals surface area contributed by atoms with Crippen LogP contribution in [0, 0.1) is 0 Å². The molecule has 3 nitrogen and oxygen atoms in total. The van der Waals surface area contributed by atoms with Gasteiger partial charge in [-0.15, -0.1) is 0 Å². The minimum absolute atomic E-state index is 1.52. The molecule has 0 saturated carbocycles. The van der Waals surface area contributed by atoms with Crippen molar-refractivity contribution in [1.82, 2.24) is 0 Å². The number of rotatable bonds is 6. The molecular formula is C8H6F11NO2. The molecule has 0 atom stereocenters. The van der Waals surface area contributed by atoms with Crippen molar-refractivity contribution in [3.05, 3.63) is 0 Å². The van der Waals surface area contributed by atoms with Crippen LogP contribution in [0.15, 0.2) is 0 Å². The molecule has 0 aliphatic heterocycles. The lowest BCUT2D eigenvalue weighted by Crippen LogP contribution is -2.61. The van der Waals surface area contributed by atoms with Gasteiger partial charge in [0.25, 0.3) is 0 Å². The van der Waals surface area contributed by atoms with E-state index < -0.39 is 49.0 Å². The molecule has 0 radical (unpaired) electrons. The lowest BCUT2D eigenvalue weighted by Gasteiger charge is -2.35. The predicted molar refractivity (Wildman–Crippen MR) is 45.4 cm³/mol. The normalized spacial score (nSPS) is 15.0. The second-order valence-corrected chi connectivity index (χ2v) is 3.88. The second kappa shape index (κ2) is 5.70. The van der Waals surface area contributed by atoms with Crippen molar-refractivity contribution in [2.24, 2.45) is 5.73 Å². The Morgan fingerprint density at radius 3 is 1.45 bits per heavy atom. The van der Waals surface area contributed by atoms with E-state index in [0.29, 0.717) is 0 Å². The lowest BCUT2D eigenvalue weighted by molar-refractivity contribution is -0.503. The van der Waals surface area contributed by atoms with Crippen molar-refractivity contribution in [3.8, 4) is 0 Å². The summed E-state index contributed by atoms with van der Waals surface area (Å²) in [6, 6.07) is 0. The second-order valence-electron chi connectivity index (χ2n) is 3.88. The van der Waals surface area contributed by atoms with Crippen LogP contribution in [0.2, 0.25) is 0 Å². The Bertz CT molecular complexity index is 399. The highest BCUT2D eigenvalue weighted by molar-refractivity contribution is 5.73. The van der Waals surface area contributed by atoms with Gasteiger partial charge < -0.3 is 5.73 Å². The van der Waals surface area contributed by atoms with Gasteiger partial charge in [-0.2, -0.15) is 48.3 Å². The number of nitrogens with two attached hydrogens (primary N) is 1. The molecule has 0 aliphatic rings. The summed E-state index contributed by atoms with van der Waals surface area (Å²) < 4.78 is 138. The standard InChI is InChI=1S/C8H6F11NO2/c9-4(10,2-1-3(20)21)8(18,19)22-5(11,6(12,13)14)7(15,16)17/h1-2H2,(H2,20,21). The van der Waals surface area contributed by atoms with E-state index in [1.54, 1.807) is 4.74 Å². The number of ether oxygens (including phenoxy) is 1. The van der Waals surface area contributed by atoms with Gasteiger partial charge in [0.05, 0.1) is 0 Å². The zero-order chi connectivity index (χ0) is 18.2.